The molecule has 0 unspecified atom stereocenters. The molecule has 0 radical (unpaired) electrons. The van der Waals surface area contributed by atoms with Gasteiger partial charge >= 0.3 is 6.18 Å². The molecule has 15 heteroatoms. The number of aromatic nitrogens is 2. The number of alkyl halides is 3. The first kappa shape index (κ1) is 31.4. The molecule has 0 aliphatic carbocycles. The molecule has 11 nitrogen and oxygen atoms in total. The second-order valence-corrected chi connectivity index (χ2v) is 12.0. The van der Waals surface area contributed by atoms with Crippen molar-refractivity contribution in [2.45, 2.75) is 56.5 Å². The highest BCUT2D eigenvalue weighted by Crippen LogP contribution is 2.30. The van der Waals surface area contributed by atoms with Gasteiger partial charge in [-0.05, 0) is 25.1 Å². The number of sulfonamides is 1. The molecule has 0 saturated heterocycles. The number of aliphatic hydroxyl groups excluding tert-OH is 1. The summed E-state index contributed by atoms with van der Waals surface area (Å²) in [5.41, 5.74) is 0.533. The van der Waals surface area contributed by atoms with E-state index < -0.39 is 47.1 Å². The van der Waals surface area contributed by atoms with Crippen LogP contribution in [0.3, 0.4) is 0 Å². The van der Waals surface area contributed by atoms with Crippen molar-refractivity contribution in [3.8, 4) is 5.75 Å². The quantitative estimate of drug-likeness (QED) is 0.458. The maximum absolute atomic E-state index is 13.3. The zero-order valence-corrected chi connectivity index (χ0v) is 23.5. The Morgan fingerprint density at radius 1 is 1.35 bits per heavy atom. The van der Waals surface area contributed by atoms with E-state index in [4.69, 9.17) is 4.74 Å². The monoisotopic (exact) mass is 589 g/mol. The third kappa shape index (κ3) is 7.95. The summed E-state index contributed by atoms with van der Waals surface area (Å²) >= 11 is 0. The number of nitrogens with one attached hydrogen (secondary N) is 1. The van der Waals surface area contributed by atoms with Crippen molar-refractivity contribution in [3.63, 3.8) is 0 Å². The summed E-state index contributed by atoms with van der Waals surface area (Å²) in [6, 6.07) is 3.83. The number of anilines is 1. The molecule has 3 rings (SSSR count). The number of carbonyl (C=O) groups excluding carboxylic acids is 2. The smallest absolute Gasteiger partial charge is 0.389 e. The van der Waals surface area contributed by atoms with E-state index in [-0.39, 0.29) is 54.4 Å². The molecule has 2 amide bonds. The number of hydrogen-bond acceptors (Lipinski definition) is 7. The van der Waals surface area contributed by atoms with Gasteiger partial charge in [-0.2, -0.15) is 17.5 Å². The van der Waals surface area contributed by atoms with Crippen LogP contribution in [0, 0.1) is 5.92 Å². The number of rotatable bonds is 9. The lowest BCUT2D eigenvalue weighted by atomic mass is 10.0. The SMILES string of the molecule is C[C@@H]1CN([C@@H](C)CO)C(=O)Cc2cc(NC(=O)CCC(F)(F)F)ccc2O[C@@H]1CN(C)S(=O)(=O)c1cn(C)cn1. The van der Waals surface area contributed by atoms with Crippen molar-refractivity contribution in [3.05, 3.63) is 36.3 Å². The molecular weight excluding hydrogens is 555 g/mol. The topological polar surface area (TPSA) is 134 Å². The first-order valence-corrected chi connectivity index (χ1v) is 14.1. The molecule has 1 aromatic heterocycles. The van der Waals surface area contributed by atoms with Crippen LogP contribution in [0.5, 0.6) is 5.75 Å². The minimum atomic E-state index is -4.47. The van der Waals surface area contributed by atoms with Crippen LogP contribution in [-0.2, 0) is 33.1 Å². The summed E-state index contributed by atoms with van der Waals surface area (Å²) in [6.45, 7) is 3.24. The fraction of sp³-hybridized carbons (Fsp3) is 0.560. The van der Waals surface area contributed by atoms with Gasteiger partial charge in [0.15, 0.2) is 5.03 Å². The minimum absolute atomic E-state index is 0.0923. The number of amides is 2. The van der Waals surface area contributed by atoms with Crippen LogP contribution in [0.15, 0.2) is 35.7 Å². The number of aliphatic hydroxyl groups is 1. The summed E-state index contributed by atoms with van der Waals surface area (Å²) in [5.74, 6) is -1.29. The molecular formula is C25H34F3N5O6S. The number of carbonyl (C=O) groups is 2. The summed E-state index contributed by atoms with van der Waals surface area (Å²) in [5, 5.41) is 12.0. The Bertz CT molecular complexity index is 1320. The van der Waals surface area contributed by atoms with Crippen molar-refractivity contribution in [1.82, 2.24) is 18.8 Å². The lowest BCUT2D eigenvalue weighted by Crippen LogP contribution is -2.48. The maximum Gasteiger partial charge on any atom is 0.389 e. The van der Waals surface area contributed by atoms with E-state index in [1.54, 1.807) is 20.9 Å². The molecule has 2 heterocycles. The van der Waals surface area contributed by atoms with E-state index in [9.17, 15) is 36.3 Å². The predicted octanol–water partition coefficient (Wildman–Crippen LogP) is 2.17. The highest BCUT2D eigenvalue weighted by atomic mass is 32.2. The largest absolute Gasteiger partial charge is 0.488 e. The Kier molecular flexibility index (Phi) is 9.85. The maximum atomic E-state index is 13.3. The number of ether oxygens (including phenoxy) is 1. The van der Waals surface area contributed by atoms with Crippen molar-refractivity contribution in [2.75, 3.05) is 32.1 Å². The molecule has 0 saturated carbocycles. The average Bonchev–Trinajstić information content (AvgIpc) is 3.33. The van der Waals surface area contributed by atoms with Crippen LogP contribution in [0.4, 0.5) is 18.9 Å². The van der Waals surface area contributed by atoms with Gasteiger partial charge in [0.05, 0.1) is 38.4 Å². The van der Waals surface area contributed by atoms with E-state index >= 15 is 0 Å². The van der Waals surface area contributed by atoms with Crippen LogP contribution in [-0.4, -0.2) is 89.2 Å². The van der Waals surface area contributed by atoms with Gasteiger partial charge in [-0.25, -0.2) is 13.4 Å². The van der Waals surface area contributed by atoms with Gasteiger partial charge in [-0.1, -0.05) is 6.92 Å². The predicted molar refractivity (Wildman–Crippen MR) is 139 cm³/mol. The van der Waals surface area contributed by atoms with Gasteiger partial charge in [0, 0.05) is 50.4 Å². The lowest BCUT2D eigenvalue weighted by Gasteiger charge is -2.33. The normalized spacial score (nSPS) is 19.3. The minimum Gasteiger partial charge on any atom is -0.488 e. The second-order valence-electron chi connectivity index (χ2n) is 10.0. The molecule has 1 aliphatic heterocycles. The van der Waals surface area contributed by atoms with Gasteiger partial charge in [-0.3, -0.25) is 9.59 Å². The van der Waals surface area contributed by atoms with Crippen LogP contribution in [0.25, 0.3) is 0 Å². The first-order chi connectivity index (χ1) is 18.6. The number of likely N-dealkylation sites (N-methyl/N-ethyl adjacent to an activating group) is 1. The third-order valence-corrected chi connectivity index (χ3v) is 8.34. The molecule has 0 fully saturated rings. The van der Waals surface area contributed by atoms with Gasteiger partial charge in [0.25, 0.3) is 10.0 Å². The highest BCUT2D eigenvalue weighted by molar-refractivity contribution is 7.89. The number of benzene rings is 1. The summed E-state index contributed by atoms with van der Waals surface area (Å²) in [7, 11) is -0.915. The molecule has 3 atom stereocenters. The zero-order chi connectivity index (χ0) is 29.8. The fourth-order valence-corrected chi connectivity index (χ4v) is 5.38. The third-order valence-electron chi connectivity index (χ3n) is 6.63. The summed E-state index contributed by atoms with van der Waals surface area (Å²) in [4.78, 5) is 30.8. The molecule has 0 bridgehead atoms. The van der Waals surface area contributed by atoms with Crippen LogP contribution < -0.4 is 10.1 Å². The number of nitrogens with zero attached hydrogens (tertiary/aromatic N) is 4. The van der Waals surface area contributed by atoms with Crippen LogP contribution >= 0.6 is 0 Å². The van der Waals surface area contributed by atoms with Gasteiger partial charge in [0.2, 0.25) is 11.8 Å². The molecule has 222 valence electrons. The van der Waals surface area contributed by atoms with Gasteiger partial charge in [0.1, 0.15) is 11.9 Å². The second kappa shape index (κ2) is 12.6. The summed E-state index contributed by atoms with van der Waals surface area (Å²) < 4.78 is 72.6. The van der Waals surface area contributed by atoms with E-state index in [0.29, 0.717) is 5.56 Å². The van der Waals surface area contributed by atoms with Crippen LogP contribution in [0.2, 0.25) is 0 Å². The highest BCUT2D eigenvalue weighted by Gasteiger charge is 2.34. The molecule has 2 aromatic rings. The van der Waals surface area contributed by atoms with Crippen molar-refractivity contribution >= 4 is 27.5 Å². The van der Waals surface area contributed by atoms with E-state index in [1.165, 1.54) is 47.2 Å². The van der Waals surface area contributed by atoms with E-state index in [0.717, 1.165) is 4.31 Å². The Hall–Kier alpha value is -3.17. The van der Waals surface area contributed by atoms with Gasteiger partial charge in [-0.15, -0.1) is 0 Å². The number of fused-ring (bicyclic) bond motifs is 1. The van der Waals surface area contributed by atoms with Crippen molar-refractivity contribution in [2.24, 2.45) is 13.0 Å². The van der Waals surface area contributed by atoms with E-state index in [1.807, 2.05) is 0 Å². The van der Waals surface area contributed by atoms with Gasteiger partial charge < -0.3 is 24.6 Å². The Labute approximate surface area is 231 Å². The average molecular weight is 590 g/mol. The van der Waals surface area contributed by atoms with Crippen molar-refractivity contribution < 1.29 is 41.0 Å². The Balaban J connectivity index is 1.92. The van der Waals surface area contributed by atoms with E-state index in [2.05, 4.69) is 10.3 Å². The number of aryl methyl sites for hydroxylation is 1. The standard InChI is InChI=1S/C25H34F3N5O6S/c1-16-11-33(17(2)14-34)24(36)10-18-9-19(30-22(35)7-8-25(26,27)28)5-6-20(18)39-21(16)12-32(4)40(37,38)23-13-31(3)15-29-23/h5-6,9,13,15-17,21,34H,7-8,10-12,14H2,1-4H3,(H,30,35)/t16-,17+,21-/m1/s1. The molecule has 0 spiro atoms. The number of hydrogen-bond donors (Lipinski definition) is 2. The fourth-order valence-electron chi connectivity index (χ4n) is 4.24. The Morgan fingerprint density at radius 2 is 2.05 bits per heavy atom. The number of imidazole rings is 1. The first-order valence-electron chi connectivity index (χ1n) is 12.6. The van der Waals surface area contributed by atoms with Crippen molar-refractivity contribution in [1.29, 1.82) is 0 Å². The zero-order valence-electron chi connectivity index (χ0n) is 22.7. The molecule has 1 aromatic carbocycles. The van der Waals surface area contributed by atoms with Crippen LogP contribution in [0.1, 0.15) is 32.3 Å². The molecule has 1 aliphatic rings. The Morgan fingerprint density at radius 3 is 2.65 bits per heavy atom. The molecule has 40 heavy (non-hydrogen) atoms. The lowest BCUT2D eigenvalue weighted by molar-refractivity contribution is -0.142. The summed E-state index contributed by atoms with van der Waals surface area (Å²) in [6.07, 6.45) is -4.67. The number of halogens is 3. The molecule has 2 N–H and O–H groups in total.